The van der Waals surface area contributed by atoms with Crippen LogP contribution in [0.2, 0.25) is 0 Å². The van der Waals surface area contributed by atoms with Crippen LogP contribution >= 0.6 is 0 Å². The highest BCUT2D eigenvalue weighted by atomic mass is 19.1. The molecule has 0 aliphatic heterocycles. The minimum absolute atomic E-state index is 0.214. The molecule has 0 atom stereocenters. The molecular formula is C10H10F2N2O3. The zero-order chi connectivity index (χ0) is 13.0. The molecule has 0 aromatic heterocycles. The van der Waals surface area contributed by atoms with Gasteiger partial charge in [-0.15, -0.1) is 0 Å². The van der Waals surface area contributed by atoms with E-state index in [4.69, 9.17) is 5.11 Å². The van der Waals surface area contributed by atoms with Crippen LogP contribution in [-0.2, 0) is 4.79 Å². The number of nitrogens with one attached hydrogen (secondary N) is 1. The molecule has 2 amide bonds. The number of carboxylic acids is 1. The molecule has 17 heavy (non-hydrogen) atoms. The summed E-state index contributed by atoms with van der Waals surface area (Å²) in [4.78, 5) is 22.6. The van der Waals surface area contributed by atoms with Crippen molar-refractivity contribution in [3.05, 3.63) is 29.8 Å². The topological polar surface area (TPSA) is 69.6 Å². The summed E-state index contributed by atoms with van der Waals surface area (Å²) in [5, 5.41) is 10.6. The SMILES string of the molecule is CN(CC(=O)O)C(=O)Nc1ccc(F)cc1F. The molecule has 1 rings (SSSR count). The number of halogens is 2. The van der Waals surface area contributed by atoms with Gasteiger partial charge < -0.3 is 15.3 Å². The van der Waals surface area contributed by atoms with Crippen LogP contribution in [0.25, 0.3) is 0 Å². The highest BCUT2D eigenvalue weighted by Gasteiger charge is 2.14. The predicted octanol–water partition coefficient (Wildman–Crippen LogP) is 1.51. The van der Waals surface area contributed by atoms with E-state index < -0.39 is 30.2 Å². The van der Waals surface area contributed by atoms with Crippen LogP contribution < -0.4 is 5.32 Å². The molecular weight excluding hydrogens is 234 g/mol. The Balaban J connectivity index is 2.71. The molecule has 0 aliphatic rings. The summed E-state index contributed by atoms with van der Waals surface area (Å²) in [7, 11) is 1.24. The summed E-state index contributed by atoms with van der Waals surface area (Å²) in [6, 6.07) is 1.86. The first-order chi connectivity index (χ1) is 7.90. The van der Waals surface area contributed by atoms with Gasteiger partial charge in [0, 0.05) is 13.1 Å². The first-order valence-corrected chi connectivity index (χ1v) is 4.59. The van der Waals surface area contributed by atoms with E-state index in [1.807, 2.05) is 0 Å². The molecule has 0 saturated carbocycles. The number of carbonyl (C=O) groups is 2. The van der Waals surface area contributed by atoms with Crippen LogP contribution in [0, 0.1) is 11.6 Å². The first kappa shape index (κ1) is 12.9. The third-order valence-electron chi connectivity index (χ3n) is 1.89. The van der Waals surface area contributed by atoms with Gasteiger partial charge in [0.15, 0.2) is 0 Å². The van der Waals surface area contributed by atoms with E-state index in [2.05, 4.69) is 5.32 Å². The van der Waals surface area contributed by atoms with Crippen LogP contribution in [0.3, 0.4) is 0 Å². The maximum atomic E-state index is 13.1. The van der Waals surface area contributed by atoms with Gasteiger partial charge in [-0.2, -0.15) is 0 Å². The average molecular weight is 244 g/mol. The number of rotatable bonds is 3. The number of amides is 2. The van der Waals surface area contributed by atoms with E-state index in [9.17, 15) is 18.4 Å². The third kappa shape index (κ3) is 3.71. The van der Waals surface area contributed by atoms with Crippen molar-refractivity contribution in [2.24, 2.45) is 0 Å². The third-order valence-corrected chi connectivity index (χ3v) is 1.89. The van der Waals surface area contributed by atoms with Gasteiger partial charge in [0.2, 0.25) is 0 Å². The number of benzene rings is 1. The fraction of sp³-hybridized carbons (Fsp3) is 0.200. The van der Waals surface area contributed by atoms with Crippen LogP contribution in [0.4, 0.5) is 19.3 Å². The fourth-order valence-corrected chi connectivity index (χ4v) is 1.08. The maximum Gasteiger partial charge on any atom is 0.323 e. The second kappa shape index (κ2) is 5.24. The number of urea groups is 1. The standard InChI is InChI=1S/C10H10F2N2O3/c1-14(5-9(15)16)10(17)13-8-3-2-6(11)4-7(8)12/h2-4H,5H2,1H3,(H,13,17)(H,15,16). The van der Waals surface area contributed by atoms with E-state index in [1.54, 1.807) is 0 Å². The Kier molecular flexibility index (Phi) is 3.97. The minimum atomic E-state index is -1.19. The fourth-order valence-electron chi connectivity index (χ4n) is 1.08. The van der Waals surface area contributed by atoms with E-state index in [0.29, 0.717) is 6.07 Å². The van der Waals surface area contributed by atoms with Crippen molar-refractivity contribution in [2.45, 2.75) is 0 Å². The molecule has 0 bridgehead atoms. The van der Waals surface area contributed by atoms with Gasteiger partial charge in [0.05, 0.1) is 5.69 Å². The lowest BCUT2D eigenvalue weighted by molar-refractivity contribution is -0.137. The van der Waals surface area contributed by atoms with Crippen molar-refractivity contribution >= 4 is 17.7 Å². The molecule has 1 aromatic rings. The van der Waals surface area contributed by atoms with Crippen molar-refractivity contribution in [2.75, 3.05) is 18.9 Å². The number of nitrogens with zero attached hydrogens (tertiary/aromatic N) is 1. The number of anilines is 1. The second-order valence-corrected chi connectivity index (χ2v) is 3.30. The van der Waals surface area contributed by atoms with Gasteiger partial charge >= 0.3 is 12.0 Å². The average Bonchev–Trinajstić information content (AvgIpc) is 2.21. The number of carbonyl (C=O) groups excluding carboxylic acids is 1. The zero-order valence-electron chi connectivity index (χ0n) is 8.91. The summed E-state index contributed by atoms with van der Waals surface area (Å²) in [6.45, 7) is -0.519. The monoisotopic (exact) mass is 244 g/mol. The number of likely N-dealkylation sites (N-methyl/N-ethyl adjacent to an activating group) is 1. The Bertz CT molecular complexity index is 451. The van der Waals surface area contributed by atoms with E-state index in [1.165, 1.54) is 7.05 Å². The molecule has 0 aliphatic carbocycles. The van der Waals surface area contributed by atoms with Crippen molar-refractivity contribution in [1.82, 2.24) is 4.90 Å². The van der Waals surface area contributed by atoms with E-state index >= 15 is 0 Å². The van der Waals surface area contributed by atoms with E-state index in [0.717, 1.165) is 17.0 Å². The second-order valence-electron chi connectivity index (χ2n) is 3.30. The van der Waals surface area contributed by atoms with Crippen LogP contribution in [0.1, 0.15) is 0 Å². The van der Waals surface area contributed by atoms with Gasteiger partial charge in [0.1, 0.15) is 18.2 Å². The molecule has 0 saturated heterocycles. The lowest BCUT2D eigenvalue weighted by atomic mass is 10.3. The number of hydrogen-bond donors (Lipinski definition) is 2. The van der Waals surface area contributed by atoms with Crippen molar-refractivity contribution in [3.63, 3.8) is 0 Å². The molecule has 0 fully saturated rings. The molecule has 0 radical (unpaired) electrons. The molecule has 0 heterocycles. The Morgan fingerprint density at radius 2 is 2.06 bits per heavy atom. The normalized spacial score (nSPS) is 9.82. The highest BCUT2D eigenvalue weighted by molar-refractivity contribution is 5.91. The predicted molar refractivity (Wildman–Crippen MR) is 55.6 cm³/mol. The summed E-state index contributed by atoms with van der Waals surface area (Å²) in [6.07, 6.45) is 0. The van der Waals surface area contributed by atoms with Gasteiger partial charge in [0.25, 0.3) is 0 Å². The zero-order valence-corrected chi connectivity index (χ0v) is 8.91. The number of hydrogen-bond acceptors (Lipinski definition) is 2. The summed E-state index contributed by atoms with van der Waals surface area (Å²) >= 11 is 0. The lowest BCUT2D eigenvalue weighted by Crippen LogP contribution is -2.35. The lowest BCUT2D eigenvalue weighted by Gasteiger charge is -2.15. The van der Waals surface area contributed by atoms with Crippen molar-refractivity contribution in [3.8, 4) is 0 Å². The largest absolute Gasteiger partial charge is 0.480 e. The Morgan fingerprint density at radius 1 is 1.41 bits per heavy atom. The molecule has 0 spiro atoms. The summed E-state index contributed by atoms with van der Waals surface area (Å²) < 4.78 is 25.7. The Morgan fingerprint density at radius 3 is 2.59 bits per heavy atom. The molecule has 5 nitrogen and oxygen atoms in total. The minimum Gasteiger partial charge on any atom is -0.480 e. The molecule has 7 heteroatoms. The smallest absolute Gasteiger partial charge is 0.323 e. The molecule has 0 unspecified atom stereocenters. The first-order valence-electron chi connectivity index (χ1n) is 4.59. The summed E-state index contributed by atoms with van der Waals surface area (Å²) in [5.74, 6) is -2.89. The van der Waals surface area contributed by atoms with Gasteiger partial charge in [-0.25, -0.2) is 13.6 Å². The van der Waals surface area contributed by atoms with Gasteiger partial charge in [-0.3, -0.25) is 4.79 Å². The highest BCUT2D eigenvalue weighted by Crippen LogP contribution is 2.15. The van der Waals surface area contributed by atoms with Crippen LogP contribution in [0.15, 0.2) is 18.2 Å². The number of carboxylic acid groups (broad SMARTS) is 1. The Hall–Kier alpha value is -2.18. The Labute approximate surface area is 95.6 Å². The van der Waals surface area contributed by atoms with Crippen LogP contribution in [-0.4, -0.2) is 35.6 Å². The van der Waals surface area contributed by atoms with Crippen molar-refractivity contribution < 1.29 is 23.5 Å². The quantitative estimate of drug-likeness (QED) is 0.846. The van der Waals surface area contributed by atoms with Gasteiger partial charge in [-0.1, -0.05) is 0 Å². The number of aliphatic carboxylic acids is 1. The molecule has 1 aromatic carbocycles. The van der Waals surface area contributed by atoms with Gasteiger partial charge in [-0.05, 0) is 12.1 Å². The van der Waals surface area contributed by atoms with Crippen molar-refractivity contribution in [1.29, 1.82) is 0 Å². The summed E-state index contributed by atoms with van der Waals surface area (Å²) in [5.41, 5.74) is -0.214. The molecule has 2 N–H and O–H groups in total. The van der Waals surface area contributed by atoms with E-state index in [-0.39, 0.29) is 5.69 Å². The van der Waals surface area contributed by atoms with Crippen LogP contribution in [0.5, 0.6) is 0 Å². The maximum absolute atomic E-state index is 13.1. The molecule has 92 valence electrons.